The molecular formula is C21H21F7N6O. The van der Waals surface area contributed by atoms with E-state index in [-0.39, 0.29) is 17.7 Å². The first kappa shape index (κ1) is 24.8. The second-order valence-electron chi connectivity index (χ2n) is 8.25. The molecule has 0 radical (unpaired) electrons. The van der Waals surface area contributed by atoms with Crippen molar-refractivity contribution < 1.29 is 35.5 Å². The number of fused-ring (bicyclic) bond motifs is 1. The molecule has 0 spiro atoms. The van der Waals surface area contributed by atoms with Crippen molar-refractivity contribution in [3.63, 3.8) is 0 Å². The van der Waals surface area contributed by atoms with Crippen LogP contribution in [0.2, 0.25) is 0 Å². The Hall–Kier alpha value is -3.32. The van der Waals surface area contributed by atoms with Gasteiger partial charge in [-0.05, 0) is 37.8 Å². The van der Waals surface area contributed by atoms with E-state index in [4.69, 9.17) is 0 Å². The number of imidazole rings is 1. The van der Waals surface area contributed by atoms with Crippen molar-refractivity contribution in [3.05, 3.63) is 47.5 Å². The lowest BCUT2D eigenvalue weighted by Gasteiger charge is -2.30. The molecule has 3 aromatic rings. The Morgan fingerprint density at radius 2 is 1.77 bits per heavy atom. The second-order valence-corrected chi connectivity index (χ2v) is 8.25. The van der Waals surface area contributed by atoms with Crippen LogP contribution >= 0.6 is 0 Å². The van der Waals surface area contributed by atoms with Crippen molar-refractivity contribution in [1.82, 2.24) is 24.5 Å². The Balaban J connectivity index is 1.37. The molecule has 3 aromatic heterocycles. The van der Waals surface area contributed by atoms with Gasteiger partial charge in [0.2, 0.25) is 0 Å². The number of pyridine rings is 1. The van der Waals surface area contributed by atoms with Gasteiger partial charge >= 0.3 is 6.18 Å². The van der Waals surface area contributed by atoms with Gasteiger partial charge in [0.15, 0.2) is 5.69 Å². The highest BCUT2D eigenvalue weighted by Crippen LogP contribution is 2.30. The molecule has 2 N–H and O–H groups in total. The molecule has 0 atom stereocenters. The lowest BCUT2D eigenvalue weighted by molar-refractivity contribution is -0.140. The Labute approximate surface area is 194 Å². The van der Waals surface area contributed by atoms with E-state index >= 15 is 0 Å². The van der Waals surface area contributed by atoms with Crippen molar-refractivity contribution in [2.75, 3.05) is 5.32 Å². The fourth-order valence-corrected chi connectivity index (χ4v) is 4.20. The van der Waals surface area contributed by atoms with Crippen LogP contribution in [0.15, 0.2) is 30.6 Å². The van der Waals surface area contributed by atoms with Gasteiger partial charge in [-0.25, -0.2) is 22.5 Å². The summed E-state index contributed by atoms with van der Waals surface area (Å²) in [5.74, 6) is -0.383. The number of amides is 1. The average molecular weight is 506 g/mol. The molecule has 14 heteroatoms. The Bertz CT molecular complexity index is 1180. The molecule has 3 heterocycles. The van der Waals surface area contributed by atoms with Gasteiger partial charge in [-0.15, -0.1) is 0 Å². The maximum Gasteiger partial charge on any atom is 0.434 e. The molecule has 0 unspecified atom stereocenters. The van der Waals surface area contributed by atoms with Gasteiger partial charge in [-0.3, -0.25) is 13.9 Å². The van der Waals surface area contributed by atoms with Crippen LogP contribution in [-0.2, 0) is 12.7 Å². The molecule has 1 saturated carbocycles. The Morgan fingerprint density at radius 1 is 1.09 bits per heavy atom. The van der Waals surface area contributed by atoms with Crippen LogP contribution in [0.3, 0.4) is 0 Å². The number of nitrogens with one attached hydrogen (secondary N) is 2. The van der Waals surface area contributed by atoms with E-state index in [2.05, 4.69) is 20.7 Å². The van der Waals surface area contributed by atoms with Crippen LogP contribution in [-0.4, -0.2) is 43.6 Å². The van der Waals surface area contributed by atoms with Crippen LogP contribution in [0.25, 0.3) is 5.65 Å². The number of hydrogen-bond acceptors (Lipinski definition) is 4. The number of halogens is 7. The summed E-state index contributed by atoms with van der Waals surface area (Å²) in [7, 11) is 0. The van der Waals surface area contributed by atoms with E-state index in [1.54, 1.807) is 12.1 Å². The Kier molecular flexibility index (Phi) is 6.90. The Morgan fingerprint density at radius 3 is 2.40 bits per heavy atom. The third kappa shape index (κ3) is 5.51. The summed E-state index contributed by atoms with van der Waals surface area (Å²) in [5, 5.41) is 9.35. The van der Waals surface area contributed by atoms with Crippen LogP contribution in [0, 0.1) is 0 Å². The predicted molar refractivity (Wildman–Crippen MR) is 111 cm³/mol. The van der Waals surface area contributed by atoms with E-state index in [0.29, 0.717) is 36.2 Å². The number of rotatable bonds is 7. The molecule has 1 fully saturated rings. The summed E-state index contributed by atoms with van der Waals surface area (Å²) in [6, 6.07) is 4.24. The van der Waals surface area contributed by atoms with Gasteiger partial charge in [0.25, 0.3) is 18.8 Å². The van der Waals surface area contributed by atoms with Crippen LogP contribution < -0.4 is 10.6 Å². The number of hydrogen-bond donors (Lipinski definition) is 2. The van der Waals surface area contributed by atoms with Gasteiger partial charge in [0.05, 0.1) is 11.8 Å². The summed E-state index contributed by atoms with van der Waals surface area (Å²) in [5.41, 5.74) is -2.17. The maximum atomic E-state index is 13.4. The topological polar surface area (TPSA) is 76.2 Å². The molecule has 1 aliphatic rings. The molecule has 1 amide bonds. The lowest BCUT2D eigenvalue weighted by atomic mass is 9.91. The third-order valence-electron chi connectivity index (χ3n) is 5.84. The van der Waals surface area contributed by atoms with Gasteiger partial charge in [0.1, 0.15) is 23.7 Å². The van der Waals surface area contributed by atoms with Crippen molar-refractivity contribution in [2.45, 2.75) is 63.3 Å². The zero-order valence-corrected chi connectivity index (χ0v) is 18.1. The van der Waals surface area contributed by atoms with Gasteiger partial charge < -0.3 is 10.6 Å². The zero-order valence-electron chi connectivity index (χ0n) is 18.1. The number of carbonyl (C=O) groups excluding carboxylic acids is 1. The molecule has 0 bridgehead atoms. The standard InChI is InChI=1S/C21H21F7N6O/c22-15(23)10-34-18(19(24)25)13(8-29-34)20(35)31-12-6-4-11(5-7-12)30-16-2-1-3-17-32-14(9-33(16)17)21(26,27)28/h1-3,8-9,11-12,15,19,30H,4-7,10H2,(H,31,35). The van der Waals surface area contributed by atoms with Gasteiger partial charge in [-0.1, -0.05) is 6.07 Å². The van der Waals surface area contributed by atoms with Crippen LogP contribution in [0.4, 0.5) is 36.6 Å². The highest BCUT2D eigenvalue weighted by Gasteiger charge is 2.34. The summed E-state index contributed by atoms with van der Waals surface area (Å²) in [6.45, 7) is -1.04. The highest BCUT2D eigenvalue weighted by atomic mass is 19.4. The first-order valence-electron chi connectivity index (χ1n) is 10.8. The fourth-order valence-electron chi connectivity index (χ4n) is 4.20. The van der Waals surface area contributed by atoms with E-state index < -0.39 is 48.4 Å². The first-order chi connectivity index (χ1) is 16.5. The monoisotopic (exact) mass is 506 g/mol. The fraction of sp³-hybridized carbons (Fsp3) is 0.476. The highest BCUT2D eigenvalue weighted by molar-refractivity contribution is 5.95. The minimum absolute atomic E-state index is 0.101. The van der Waals surface area contributed by atoms with E-state index in [0.717, 1.165) is 12.4 Å². The maximum absolute atomic E-state index is 13.4. The quantitative estimate of drug-likeness (QED) is 0.447. The largest absolute Gasteiger partial charge is 0.434 e. The molecule has 35 heavy (non-hydrogen) atoms. The van der Waals surface area contributed by atoms with Crippen molar-refractivity contribution in [1.29, 1.82) is 0 Å². The molecule has 7 nitrogen and oxygen atoms in total. The van der Waals surface area contributed by atoms with Crippen molar-refractivity contribution in [2.24, 2.45) is 0 Å². The van der Waals surface area contributed by atoms with Crippen molar-refractivity contribution >= 4 is 17.4 Å². The normalized spacial score (nSPS) is 19.0. The number of alkyl halides is 7. The smallest absolute Gasteiger partial charge is 0.368 e. The number of aromatic nitrogens is 4. The number of anilines is 1. The van der Waals surface area contributed by atoms with Crippen molar-refractivity contribution in [3.8, 4) is 0 Å². The number of nitrogens with zero attached hydrogens (tertiary/aromatic N) is 4. The van der Waals surface area contributed by atoms with E-state index in [1.165, 1.54) is 10.5 Å². The average Bonchev–Trinajstić information content (AvgIpc) is 3.40. The summed E-state index contributed by atoms with van der Waals surface area (Å²) < 4.78 is 92.8. The molecule has 0 saturated heterocycles. The van der Waals surface area contributed by atoms with Crippen LogP contribution in [0.1, 0.15) is 53.9 Å². The summed E-state index contributed by atoms with van der Waals surface area (Å²) in [6.07, 6.45) is -6.80. The summed E-state index contributed by atoms with van der Waals surface area (Å²) in [4.78, 5) is 16.1. The third-order valence-corrected chi connectivity index (χ3v) is 5.84. The van der Waals surface area contributed by atoms with Crippen LogP contribution in [0.5, 0.6) is 0 Å². The van der Waals surface area contributed by atoms with Gasteiger partial charge in [0, 0.05) is 18.3 Å². The summed E-state index contributed by atoms with van der Waals surface area (Å²) >= 11 is 0. The molecule has 0 aliphatic heterocycles. The minimum Gasteiger partial charge on any atom is -0.368 e. The molecule has 0 aromatic carbocycles. The SMILES string of the molecule is O=C(NC1CCC(Nc2cccc3nc(C(F)(F)F)cn23)CC1)c1cnn(CC(F)F)c1C(F)F. The molecule has 4 rings (SSSR count). The zero-order chi connectivity index (χ0) is 25.3. The van der Waals surface area contributed by atoms with E-state index in [1.807, 2.05) is 0 Å². The first-order valence-corrected chi connectivity index (χ1v) is 10.8. The number of carbonyl (C=O) groups is 1. The van der Waals surface area contributed by atoms with Gasteiger partial charge in [-0.2, -0.15) is 18.3 Å². The van der Waals surface area contributed by atoms with E-state index in [9.17, 15) is 35.5 Å². The molecular weight excluding hydrogens is 485 g/mol. The lowest BCUT2D eigenvalue weighted by Crippen LogP contribution is -2.40. The molecule has 1 aliphatic carbocycles. The minimum atomic E-state index is -4.57. The molecule has 190 valence electrons. The second kappa shape index (κ2) is 9.74. The predicted octanol–water partition coefficient (Wildman–Crippen LogP) is 4.91.